The highest BCUT2D eigenvalue weighted by Crippen LogP contribution is 2.44. The molecular weight excluding hydrogens is 350 g/mol. The van der Waals surface area contributed by atoms with Gasteiger partial charge in [0.25, 0.3) is 11.6 Å². The predicted octanol–water partition coefficient (Wildman–Crippen LogP) is 3.69. The molecule has 0 spiro atoms. The first-order valence-corrected chi connectivity index (χ1v) is 8.77. The minimum atomic E-state index is -0.683. The number of nitro groups is 1. The molecule has 2 heterocycles. The summed E-state index contributed by atoms with van der Waals surface area (Å²) in [5, 5.41) is 15.0. The largest absolute Gasteiger partial charge is 0.454 e. The van der Waals surface area contributed by atoms with Gasteiger partial charge in [0, 0.05) is 11.7 Å². The number of anilines is 1. The number of nitrogens with zero attached hydrogens (tertiary/aromatic N) is 2. The highest BCUT2D eigenvalue weighted by atomic mass is 16.7. The van der Waals surface area contributed by atoms with E-state index < -0.39 is 11.1 Å². The Hall–Kier alpha value is -3.29. The van der Waals surface area contributed by atoms with Crippen molar-refractivity contribution < 1.29 is 19.2 Å². The number of amides is 1. The van der Waals surface area contributed by atoms with Gasteiger partial charge >= 0.3 is 0 Å². The van der Waals surface area contributed by atoms with Crippen LogP contribution in [0.1, 0.15) is 42.4 Å². The summed E-state index contributed by atoms with van der Waals surface area (Å²) >= 11 is 0. The van der Waals surface area contributed by atoms with Gasteiger partial charge in [0.2, 0.25) is 6.79 Å². The molecule has 0 aliphatic carbocycles. The van der Waals surface area contributed by atoms with E-state index in [1.807, 2.05) is 19.9 Å². The Morgan fingerprint density at radius 3 is 2.70 bits per heavy atom. The minimum absolute atomic E-state index is 0.0187. The fourth-order valence-corrected chi connectivity index (χ4v) is 3.47. The fourth-order valence-electron chi connectivity index (χ4n) is 3.47. The number of nitro benzene ring substituents is 1. The number of hydrogen-bond acceptors (Lipinski definition) is 6. The van der Waals surface area contributed by atoms with E-state index in [9.17, 15) is 14.9 Å². The highest BCUT2D eigenvalue weighted by Gasteiger charge is 2.39. The zero-order chi connectivity index (χ0) is 19.1. The number of fused-ring (bicyclic) bond motifs is 2. The van der Waals surface area contributed by atoms with Gasteiger partial charge in [-0.1, -0.05) is 19.1 Å². The van der Waals surface area contributed by atoms with E-state index >= 15 is 0 Å². The maximum absolute atomic E-state index is 13.2. The van der Waals surface area contributed by atoms with Gasteiger partial charge in [-0.25, -0.2) is 0 Å². The second-order valence-corrected chi connectivity index (χ2v) is 6.58. The van der Waals surface area contributed by atoms with Crippen molar-refractivity contribution in [2.45, 2.75) is 32.5 Å². The third kappa shape index (κ3) is 2.73. The summed E-state index contributed by atoms with van der Waals surface area (Å²) in [7, 11) is 0. The third-order valence-electron chi connectivity index (χ3n) is 5.04. The average Bonchev–Trinajstić information content (AvgIpc) is 3.14. The van der Waals surface area contributed by atoms with Crippen LogP contribution in [0.4, 0.5) is 11.4 Å². The molecule has 4 rings (SSSR count). The van der Waals surface area contributed by atoms with Gasteiger partial charge in [-0.15, -0.1) is 0 Å². The Bertz CT molecular complexity index is 930. The van der Waals surface area contributed by atoms with Crippen LogP contribution in [0.3, 0.4) is 0 Å². The molecule has 2 aromatic rings. The van der Waals surface area contributed by atoms with E-state index in [4.69, 9.17) is 9.47 Å². The molecule has 2 aliphatic rings. The molecule has 140 valence electrons. The summed E-state index contributed by atoms with van der Waals surface area (Å²) in [5.74, 6) is 0.617. The number of carbonyl (C=O) groups is 1. The maximum Gasteiger partial charge on any atom is 0.280 e. The lowest BCUT2D eigenvalue weighted by Crippen LogP contribution is -2.47. The van der Waals surface area contributed by atoms with Crippen LogP contribution >= 0.6 is 0 Å². The van der Waals surface area contributed by atoms with Gasteiger partial charge < -0.3 is 19.7 Å². The van der Waals surface area contributed by atoms with Crippen molar-refractivity contribution >= 4 is 17.3 Å². The molecule has 2 aromatic carbocycles. The zero-order valence-electron chi connectivity index (χ0n) is 15.0. The summed E-state index contributed by atoms with van der Waals surface area (Å²) in [6.45, 7) is 3.92. The van der Waals surface area contributed by atoms with Crippen LogP contribution < -0.4 is 14.8 Å². The van der Waals surface area contributed by atoms with Crippen molar-refractivity contribution in [3.63, 3.8) is 0 Å². The predicted molar refractivity (Wildman–Crippen MR) is 97.9 cm³/mol. The van der Waals surface area contributed by atoms with Crippen molar-refractivity contribution in [1.29, 1.82) is 0 Å². The number of carbonyl (C=O) groups excluding carboxylic acids is 1. The molecule has 8 nitrogen and oxygen atoms in total. The lowest BCUT2D eigenvalue weighted by atomic mass is 9.99. The Labute approximate surface area is 155 Å². The van der Waals surface area contributed by atoms with Crippen LogP contribution in [-0.4, -0.2) is 28.6 Å². The van der Waals surface area contributed by atoms with Gasteiger partial charge in [-0.05, 0) is 31.5 Å². The number of hydrogen-bond donors (Lipinski definition) is 1. The molecule has 0 fully saturated rings. The monoisotopic (exact) mass is 369 g/mol. The van der Waals surface area contributed by atoms with E-state index in [1.165, 1.54) is 6.07 Å². The van der Waals surface area contributed by atoms with Crippen molar-refractivity contribution in [2.75, 3.05) is 12.1 Å². The molecule has 0 unspecified atom stereocenters. The SMILES string of the molecule is CC[C@H](C)N1C(=O)c2ccccc2N[C@H]1c1cc2c(cc1[N+](=O)[O-])OCO2. The molecule has 0 bridgehead atoms. The van der Waals surface area contributed by atoms with Crippen molar-refractivity contribution in [2.24, 2.45) is 0 Å². The molecule has 2 atom stereocenters. The average molecular weight is 369 g/mol. The van der Waals surface area contributed by atoms with Gasteiger partial charge in [0.05, 0.1) is 22.1 Å². The second-order valence-electron chi connectivity index (χ2n) is 6.58. The normalized spacial score (nSPS) is 18.7. The fraction of sp³-hybridized carbons (Fsp3) is 0.316. The lowest BCUT2D eigenvalue weighted by Gasteiger charge is -2.41. The number of benzene rings is 2. The smallest absolute Gasteiger partial charge is 0.280 e. The Kier molecular flexibility index (Phi) is 4.10. The summed E-state index contributed by atoms with van der Waals surface area (Å²) in [6, 6.07) is 10.0. The van der Waals surface area contributed by atoms with E-state index in [2.05, 4.69) is 5.32 Å². The molecule has 27 heavy (non-hydrogen) atoms. The van der Waals surface area contributed by atoms with Crippen molar-refractivity contribution in [3.8, 4) is 11.5 Å². The number of para-hydroxylation sites is 1. The number of nitrogens with one attached hydrogen (secondary N) is 1. The summed E-state index contributed by atoms with van der Waals surface area (Å²) < 4.78 is 10.7. The molecule has 0 aromatic heterocycles. The first-order valence-electron chi connectivity index (χ1n) is 8.77. The minimum Gasteiger partial charge on any atom is -0.454 e. The van der Waals surface area contributed by atoms with E-state index in [1.54, 1.807) is 29.2 Å². The number of rotatable bonds is 4. The van der Waals surface area contributed by atoms with Crippen LogP contribution in [0, 0.1) is 10.1 Å². The quantitative estimate of drug-likeness (QED) is 0.652. The van der Waals surface area contributed by atoms with Gasteiger partial charge in [0.1, 0.15) is 6.17 Å². The molecule has 1 amide bonds. The van der Waals surface area contributed by atoms with Crippen LogP contribution in [0.2, 0.25) is 0 Å². The second kappa shape index (κ2) is 6.46. The van der Waals surface area contributed by atoms with E-state index in [0.29, 0.717) is 34.7 Å². The third-order valence-corrected chi connectivity index (χ3v) is 5.04. The van der Waals surface area contributed by atoms with E-state index in [0.717, 1.165) is 0 Å². The molecule has 0 radical (unpaired) electrons. The zero-order valence-corrected chi connectivity index (χ0v) is 15.0. The standard InChI is InChI=1S/C19H19N3O5/c1-3-11(2)21-18(20-14-7-5-4-6-12(14)19(21)23)13-8-16-17(27-10-26-16)9-15(13)22(24)25/h4-9,11,18,20H,3,10H2,1-2H3/t11-,18+/m0/s1. The van der Waals surface area contributed by atoms with Crippen LogP contribution in [0.25, 0.3) is 0 Å². The molecule has 1 N–H and O–H groups in total. The summed E-state index contributed by atoms with van der Waals surface area (Å²) in [6.07, 6.45) is 0.0296. The summed E-state index contributed by atoms with van der Waals surface area (Å²) in [5.41, 5.74) is 1.46. The Balaban J connectivity index is 1.89. The van der Waals surface area contributed by atoms with E-state index in [-0.39, 0.29) is 24.4 Å². The topological polar surface area (TPSA) is 93.9 Å². The number of ether oxygens (including phenoxy) is 2. The van der Waals surface area contributed by atoms with Gasteiger partial charge in [-0.2, -0.15) is 0 Å². The van der Waals surface area contributed by atoms with Crippen molar-refractivity contribution in [1.82, 2.24) is 4.90 Å². The summed E-state index contributed by atoms with van der Waals surface area (Å²) in [4.78, 5) is 26.1. The van der Waals surface area contributed by atoms with Gasteiger partial charge in [0.15, 0.2) is 11.5 Å². The molecule has 8 heteroatoms. The van der Waals surface area contributed by atoms with Crippen LogP contribution in [-0.2, 0) is 0 Å². The molecular formula is C19H19N3O5. The molecule has 0 saturated carbocycles. The maximum atomic E-state index is 13.2. The molecule has 0 saturated heterocycles. The van der Waals surface area contributed by atoms with Crippen LogP contribution in [0.5, 0.6) is 11.5 Å². The first kappa shape index (κ1) is 17.1. The van der Waals surface area contributed by atoms with Gasteiger partial charge in [-0.3, -0.25) is 14.9 Å². The Morgan fingerprint density at radius 2 is 2.00 bits per heavy atom. The molecule has 2 aliphatic heterocycles. The highest BCUT2D eigenvalue weighted by molar-refractivity contribution is 6.02. The lowest BCUT2D eigenvalue weighted by molar-refractivity contribution is -0.385. The Morgan fingerprint density at radius 1 is 1.30 bits per heavy atom. The van der Waals surface area contributed by atoms with Crippen molar-refractivity contribution in [3.05, 3.63) is 57.6 Å². The first-order chi connectivity index (χ1) is 13.0. The van der Waals surface area contributed by atoms with Crippen LogP contribution in [0.15, 0.2) is 36.4 Å².